The lowest BCUT2D eigenvalue weighted by Crippen LogP contribution is -2.40. The SMILES string of the molecule is COc1ccc(CN2CCC(C(=O)N(C)Cc3ccccc3)CC2)cc1.O=C(O)C(=O)O. The number of benzene rings is 2. The summed E-state index contributed by atoms with van der Waals surface area (Å²) in [5.74, 6) is -2.33. The molecule has 1 fully saturated rings. The lowest BCUT2D eigenvalue weighted by Gasteiger charge is -2.33. The number of nitrogens with zero attached hydrogens (tertiary/aromatic N) is 2. The Morgan fingerprint density at radius 3 is 2.00 bits per heavy atom. The highest BCUT2D eigenvalue weighted by atomic mass is 16.5. The zero-order valence-corrected chi connectivity index (χ0v) is 18.4. The van der Waals surface area contributed by atoms with Gasteiger partial charge in [-0.25, -0.2) is 9.59 Å². The summed E-state index contributed by atoms with van der Waals surface area (Å²) in [5.41, 5.74) is 2.47. The van der Waals surface area contributed by atoms with Gasteiger partial charge in [-0.3, -0.25) is 9.69 Å². The summed E-state index contributed by atoms with van der Waals surface area (Å²) in [5, 5.41) is 14.8. The second kappa shape index (κ2) is 12.5. The van der Waals surface area contributed by atoms with Crippen LogP contribution < -0.4 is 4.74 Å². The van der Waals surface area contributed by atoms with Crippen molar-refractivity contribution < 1.29 is 29.3 Å². The predicted octanol–water partition coefficient (Wildman–Crippen LogP) is 2.72. The molecule has 1 saturated heterocycles. The number of hydrogen-bond donors (Lipinski definition) is 2. The summed E-state index contributed by atoms with van der Waals surface area (Å²) in [7, 11) is 3.60. The standard InChI is InChI=1S/C22H28N2O2.C2H2O4/c1-23(16-18-6-4-3-5-7-18)22(25)20-12-14-24(15-13-20)17-19-8-10-21(26-2)11-9-19;3-1(4)2(5)6/h3-11,20H,12-17H2,1-2H3;(H,3,4)(H,5,6). The zero-order valence-electron chi connectivity index (χ0n) is 18.4. The molecule has 0 spiro atoms. The molecule has 1 aliphatic heterocycles. The number of rotatable bonds is 6. The average Bonchev–Trinajstić information content (AvgIpc) is 2.80. The van der Waals surface area contributed by atoms with Gasteiger partial charge >= 0.3 is 11.9 Å². The third-order valence-electron chi connectivity index (χ3n) is 5.32. The number of hydrogen-bond acceptors (Lipinski definition) is 5. The Kier molecular flexibility index (Phi) is 9.69. The minimum atomic E-state index is -1.82. The number of carbonyl (C=O) groups is 3. The summed E-state index contributed by atoms with van der Waals surface area (Å²) < 4.78 is 5.21. The molecule has 0 aromatic heterocycles. The number of aliphatic carboxylic acids is 2. The van der Waals surface area contributed by atoms with Crippen LogP contribution in [0.1, 0.15) is 24.0 Å². The first-order chi connectivity index (χ1) is 15.3. The molecule has 8 heteroatoms. The van der Waals surface area contributed by atoms with Crippen molar-refractivity contribution in [2.24, 2.45) is 5.92 Å². The summed E-state index contributed by atoms with van der Waals surface area (Å²) in [6.45, 7) is 3.57. The molecule has 2 aromatic rings. The number of ether oxygens (including phenoxy) is 1. The summed E-state index contributed by atoms with van der Waals surface area (Å²) >= 11 is 0. The Balaban J connectivity index is 0.000000534. The number of methoxy groups -OCH3 is 1. The Morgan fingerprint density at radius 1 is 0.938 bits per heavy atom. The lowest BCUT2D eigenvalue weighted by molar-refractivity contribution is -0.159. The van der Waals surface area contributed by atoms with E-state index >= 15 is 0 Å². The van der Waals surface area contributed by atoms with E-state index in [4.69, 9.17) is 24.5 Å². The van der Waals surface area contributed by atoms with E-state index in [1.165, 1.54) is 11.1 Å². The van der Waals surface area contributed by atoms with Crippen molar-refractivity contribution in [3.8, 4) is 5.75 Å². The van der Waals surface area contributed by atoms with Gasteiger partial charge < -0.3 is 19.8 Å². The molecule has 1 heterocycles. The molecule has 0 bridgehead atoms. The summed E-state index contributed by atoms with van der Waals surface area (Å²) in [6, 6.07) is 18.4. The lowest BCUT2D eigenvalue weighted by atomic mass is 9.95. The fraction of sp³-hybridized carbons (Fsp3) is 0.375. The smallest absolute Gasteiger partial charge is 0.414 e. The Labute approximate surface area is 188 Å². The Hall–Kier alpha value is -3.39. The molecule has 0 aliphatic carbocycles. The van der Waals surface area contributed by atoms with Crippen LogP contribution in [0.3, 0.4) is 0 Å². The van der Waals surface area contributed by atoms with Crippen LogP contribution in [0.15, 0.2) is 54.6 Å². The molecule has 1 aliphatic rings. The second-order valence-corrected chi connectivity index (χ2v) is 7.69. The van der Waals surface area contributed by atoms with Gasteiger partial charge in [0.15, 0.2) is 0 Å². The highest BCUT2D eigenvalue weighted by Gasteiger charge is 2.27. The van der Waals surface area contributed by atoms with Gasteiger partial charge in [0, 0.05) is 26.1 Å². The van der Waals surface area contributed by atoms with Crippen molar-refractivity contribution in [2.45, 2.75) is 25.9 Å². The van der Waals surface area contributed by atoms with E-state index in [-0.39, 0.29) is 11.8 Å². The van der Waals surface area contributed by atoms with Gasteiger partial charge in [-0.1, -0.05) is 42.5 Å². The van der Waals surface area contributed by atoms with Crippen molar-refractivity contribution in [3.05, 3.63) is 65.7 Å². The summed E-state index contributed by atoms with van der Waals surface area (Å²) in [6.07, 6.45) is 1.88. The first-order valence-corrected chi connectivity index (χ1v) is 10.4. The van der Waals surface area contributed by atoms with E-state index < -0.39 is 11.9 Å². The van der Waals surface area contributed by atoms with Crippen molar-refractivity contribution in [1.82, 2.24) is 9.80 Å². The molecule has 3 rings (SSSR count). The molecular formula is C24H30N2O6. The molecule has 0 unspecified atom stereocenters. The number of carbonyl (C=O) groups excluding carboxylic acids is 1. The molecule has 0 saturated carbocycles. The molecular weight excluding hydrogens is 412 g/mol. The van der Waals surface area contributed by atoms with Crippen molar-refractivity contribution in [1.29, 1.82) is 0 Å². The van der Waals surface area contributed by atoms with Crippen LogP contribution in [0.4, 0.5) is 0 Å². The van der Waals surface area contributed by atoms with Crippen LogP contribution in [-0.2, 0) is 27.5 Å². The second-order valence-electron chi connectivity index (χ2n) is 7.69. The normalized spacial score (nSPS) is 14.1. The third kappa shape index (κ3) is 8.03. The first-order valence-electron chi connectivity index (χ1n) is 10.4. The van der Waals surface area contributed by atoms with Crippen molar-refractivity contribution in [2.75, 3.05) is 27.2 Å². The number of carboxylic acid groups (broad SMARTS) is 2. The quantitative estimate of drug-likeness (QED) is 0.663. The van der Waals surface area contributed by atoms with Crippen LogP contribution in [0.25, 0.3) is 0 Å². The number of carboxylic acids is 2. The molecule has 172 valence electrons. The molecule has 8 nitrogen and oxygen atoms in total. The molecule has 0 radical (unpaired) electrons. The third-order valence-corrected chi connectivity index (χ3v) is 5.32. The van der Waals surface area contributed by atoms with Crippen molar-refractivity contribution >= 4 is 17.8 Å². The van der Waals surface area contributed by atoms with Gasteiger partial charge in [-0.05, 0) is 49.2 Å². The minimum Gasteiger partial charge on any atom is -0.497 e. The fourth-order valence-electron chi connectivity index (χ4n) is 3.57. The predicted molar refractivity (Wildman–Crippen MR) is 119 cm³/mol. The maximum atomic E-state index is 12.7. The van der Waals surface area contributed by atoms with Gasteiger partial charge in [0.1, 0.15) is 5.75 Å². The summed E-state index contributed by atoms with van der Waals surface area (Å²) in [4.78, 5) is 35.2. The Morgan fingerprint density at radius 2 is 1.50 bits per heavy atom. The first kappa shape index (κ1) is 24.9. The average molecular weight is 443 g/mol. The van der Waals surface area contributed by atoms with Gasteiger partial charge in [0.2, 0.25) is 5.91 Å². The van der Waals surface area contributed by atoms with E-state index in [2.05, 4.69) is 29.2 Å². The molecule has 1 amide bonds. The molecule has 0 atom stereocenters. The molecule has 2 N–H and O–H groups in total. The largest absolute Gasteiger partial charge is 0.497 e. The Bertz CT molecular complexity index is 865. The monoisotopic (exact) mass is 442 g/mol. The van der Waals surface area contributed by atoms with E-state index in [0.717, 1.165) is 38.2 Å². The molecule has 2 aromatic carbocycles. The maximum absolute atomic E-state index is 12.7. The minimum absolute atomic E-state index is 0.149. The number of piperidine rings is 1. The topological polar surface area (TPSA) is 107 Å². The molecule has 32 heavy (non-hydrogen) atoms. The van der Waals surface area contributed by atoms with Gasteiger partial charge in [-0.15, -0.1) is 0 Å². The van der Waals surface area contributed by atoms with Crippen LogP contribution in [0.2, 0.25) is 0 Å². The highest BCUT2D eigenvalue weighted by molar-refractivity contribution is 6.27. The van der Waals surface area contributed by atoms with Crippen LogP contribution in [0, 0.1) is 5.92 Å². The van der Waals surface area contributed by atoms with Crippen LogP contribution in [0.5, 0.6) is 5.75 Å². The van der Waals surface area contributed by atoms with E-state index in [9.17, 15) is 4.79 Å². The van der Waals surface area contributed by atoms with Crippen LogP contribution in [-0.4, -0.2) is 65.1 Å². The van der Waals surface area contributed by atoms with Crippen LogP contribution >= 0.6 is 0 Å². The van der Waals surface area contributed by atoms with E-state index in [0.29, 0.717) is 6.54 Å². The number of amides is 1. The van der Waals surface area contributed by atoms with E-state index in [1.54, 1.807) is 7.11 Å². The zero-order chi connectivity index (χ0) is 23.5. The van der Waals surface area contributed by atoms with Gasteiger partial charge in [-0.2, -0.15) is 0 Å². The fourth-order valence-corrected chi connectivity index (χ4v) is 3.57. The highest BCUT2D eigenvalue weighted by Crippen LogP contribution is 2.22. The van der Waals surface area contributed by atoms with E-state index in [1.807, 2.05) is 42.3 Å². The number of likely N-dealkylation sites (tertiary alicyclic amines) is 1. The van der Waals surface area contributed by atoms with Crippen molar-refractivity contribution in [3.63, 3.8) is 0 Å². The van der Waals surface area contributed by atoms with Gasteiger partial charge in [0.05, 0.1) is 7.11 Å². The maximum Gasteiger partial charge on any atom is 0.414 e. The van der Waals surface area contributed by atoms with Gasteiger partial charge in [0.25, 0.3) is 0 Å².